The van der Waals surface area contributed by atoms with Gasteiger partial charge in [-0.2, -0.15) is 5.26 Å². The fourth-order valence-corrected chi connectivity index (χ4v) is 2.80. The monoisotopic (exact) mass is 320 g/mol. The van der Waals surface area contributed by atoms with Crippen LogP contribution in [0.4, 0.5) is 5.69 Å². The van der Waals surface area contributed by atoms with Crippen LogP contribution in [-0.4, -0.2) is 5.91 Å². The van der Waals surface area contributed by atoms with E-state index in [0.29, 0.717) is 23.3 Å². The predicted octanol–water partition coefficient (Wildman–Crippen LogP) is 4.57. The van der Waals surface area contributed by atoms with Crippen molar-refractivity contribution < 1.29 is 9.21 Å². The lowest BCUT2D eigenvalue weighted by molar-refractivity contribution is -0.112. The molecule has 2 aromatic rings. The van der Waals surface area contributed by atoms with Crippen LogP contribution in [0.5, 0.6) is 0 Å². The minimum Gasteiger partial charge on any atom is -0.461 e. The number of aryl methyl sites for hydroxylation is 2. The quantitative estimate of drug-likeness (QED) is 0.663. The van der Waals surface area contributed by atoms with Gasteiger partial charge in [0.05, 0.1) is 0 Å². The van der Waals surface area contributed by atoms with Crippen molar-refractivity contribution in [2.45, 2.75) is 33.1 Å². The van der Waals surface area contributed by atoms with Gasteiger partial charge in [0, 0.05) is 17.7 Å². The number of nitrogens with zero attached hydrogens (tertiary/aromatic N) is 1. The molecule has 0 aliphatic heterocycles. The van der Waals surface area contributed by atoms with Gasteiger partial charge in [0.1, 0.15) is 23.2 Å². The van der Waals surface area contributed by atoms with Crippen LogP contribution in [0.25, 0.3) is 6.08 Å². The molecular formula is C20H20N2O2. The van der Waals surface area contributed by atoms with Gasteiger partial charge in [-0.05, 0) is 49.9 Å². The Morgan fingerprint density at radius 3 is 2.71 bits per heavy atom. The maximum atomic E-state index is 12.3. The van der Waals surface area contributed by atoms with Crippen LogP contribution in [0.1, 0.15) is 41.9 Å². The zero-order valence-electron chi connectivity index (χ0n) is 14.1. The van der Waals surface area contributed by atoms with Crippen molar-refractivity contribution in [1.82, 2.24) is 0 Å². The molecule has 0 spiro atoms. The van der Waals surface area contributed by atoms with E-state index < -0.39 is 5.91 Å². The van der Waals surface area contributed by atoms with E-state index in [1.807, 2.05) is 50.2 Å². The van der Waals surface area contributed by atoms with Crippen molar-refractivity contribution in [2.75, 3.05) is 5.32 Å². The molecule has 24 heavy (non-hydrogen) atoms. The SMILES string of the molecule is Cc1ccc(NC(=O)/C(C#N)=C/c2ccc([C@H]3C[C@H]3C)o2)c(C)c1. The fraction of sp³-hybridized carbons (Fsp3) is 0.300. The zero-order chi connectivity index (χ0) is 17.3. The number of anilines is 1. The molecule has 3 rings (SSSR count). The summed E-state index contributed by atoms with van der Waals surface area (Å²) in [5, 5.41) is 12.1. The summed E-state index contributed by atoms with van der Waals surface area (Å²) in [6, 6.07) is 11.4. The van der Waals surface area contributed by atoms with Gasteiger partial charge in [-0.1, -0.05) is 24.6 Å². The number of carbonyl (C=O) groups excluding carboxylic acids is 1. The second-order valence-electron chi connectivity index (χ2n) is 6.50. The number of benzene rings is 1. The van der Waals surface area contributed by atoms with E-state index >= 15 is 0 Å². The average molecular weight is 320 g/mol. The highest BCUT2D eigenvalue weighted by Gasteiger charge is 2.36. The van der Waals surface area contributed by atoms with E-state index in [1.165, 1.54) is 6.08 Å². The topological polar surface area (TPSA) is 66.0 Å². The van der Waals surface area contributed by atoms with Crippen molar-refractivity contribution in [1.29, 1.82) is 5.26 Å². The largest absolute Gasteiger partial charge is 0.461 e. The third kappa shape index (κ3) is 3.41. The van der Waals surface area contributed by atoms with Crippen LogP contribution < -0.4 is 5.32 Å². The second-order valence-corrected chi connectivity index (χ2v) is 6.50. The van der Waals surface area contributed by atoms with Crippen LogP contribution in [0.15, 0.2) is 40.3 Å². The third-order valence-corrected chi connectivity index (χ3v) is 4.40. The molecule has 1 N–H and O–H groups in total. The Morgan fingerprint density at radius 1 is 1.33 bits per heavy atom. The van der Waals surface area contributed by atoms with Gasteiger partial charge in [-0.3, -0.25) is 4.79 Å². The van der Waals surface area contributed by atoms with Crippen molar-refractivity contribution in [3.05, 3.63) is 58.6 Å². The first kappa shape index (κ1) is 16.1. The van der Waals surface area contributed by atoms with E-state index in [1.54, 1.807) is 0 Å². The van der Waals surface area contributed by atoms with Crippen molar-refractivity contribution >= 4 is 17.7 Å². The van der Waals surface area contributed by atoms with Crippen molar-refractivity contribution in [2.24, 2.45) is 5.92 Å². The van der Waals surface area contributed by atoms with Crippen molar-refractivity contribution in [3.8, 4) is 6.07 Å². The minimum absolute atomic E-state index is 0.0275. The van der Waals surface area contributed by atoms with E-state index in [0.717, 1.165) is 23.3 Å². The van der Waals surface area contributed by atoms with Gasteiger partial charge < -0.3 is 9.73 Å². The van der Waals surface area contributed by atoms with Crippen LogP contribution in [-0.2, 0) is 4.79 Å². The summed E-state index contributed by atoms with van der Waals surface area (Å²) in [5.41, 5.74) is 2.82. The lowest BCUT2D eigenvalue weighted by atomic mass is 10.1. The summed E-state index contributed by atoms with van der Waals surface area (Å²) in [6.45, 7) is 6.10. The predicted molar refractivity (Wildman–Crippen MR) is 93.4 cm³/mol. The number of nitrogens with one attached hydrogen (secondary N) is 1. The van der Waals surface area contributed by atoms with Gasteiger partial charge in [0.2, 0.25) is 0 Å². The molecule has 1 aliphatic carbocycles. The van der Waals surface area contributed by atoms with E-state index in [-0.39, 0.29) is 5.57 Å². The molecule has 4 heteroatoms. The molecule has 0 radical (unpaired) electrons. The highest BCUT2D eigenvalue weighted by molar-refractivity contribution is 6.09. The lowest BCUT2D eigenvalue weighted by Crippen LogP contribution is -2.14. The van der Waals surface area contributed by atoms with E-state index in [2.05, 4.69) is 12.2 Å². The summed E-state index contributed by atoms with van der Waals surface area (Å²) in [4.78, 5) is 12.3. The Labute approximate surface area is 141 Å². The van der Waals surface area contributed by atoms with Crippen LogP contribution >= 0.6 is 0 Å². The number of carbonyl (C=O) groups is 1. The molecule has 1 saturated carbocycles. The molecular weight excluding hydrogens is 300 g/mol. The van der Waals surface area contributed by atoms with Crippen LogP contribution in [0.3, 0.4) is 0 Å². The molecule has 1 aliphatic rings. The van der Waals surface area contributed by atoms with E-state index in [4.69, 9.17) is 4.42 Å². The third-order valence-electron chi connectivity index (χ3n) is 4.40. The Bertz CT molecular complexity index is 855. The number of nitriles is 1. The van der Waals surface area contributed by atoms with Crippen LogP contribution in [0.2, 0.25) is 0 Å². The second kappa shape index (κ2) is 6.37. The number of amides is 1. The highest BCUT2D eigenvalue weighted by atomic mass is 16.3. The summed E-state index contributed by atoms with van der Waals surface area (Å²) < 4.78 is 5.74. The summed E-state index contributed by atoms with van der Waals surface area (Å²) in [6.07, 6.45) is 2.63. The molecule has 0 unspecified atom stereocenters. The summed E-state index contributed by atoms with van der Waals surface area (Å²) >= 11 is 0. The van der Waals surface area contributed by atoms with Crippen LogP contribution in [0, 0.1) is 31.1 Å². The maximum absolute atomic E-state index is 12.3. The Balaban J connectivity index is 1.76. The minimum atomic E-state index is -0.429. The Kier molecular flexibility index (Phi) is 4.26. The normalized spacial score (nSPS) is 19.7. The molecule has 0 saturated heterocycles. The van der Waals surface area contributed by atoms with Gasteiger partial charge >= 0.3 is 0 Å². The summed E-state index contributed by atoms with van der Waals surface area (Å²) in [5.74, 6) is 2.16. The first-order valence-electron chi connectivity index (χ1n) is 8.08. The molecule has 1 fully saturated rings. The Morgan fingerprint density at radius 2 is 2.08 bits per heavy atom. The molecule has 1 heterocycles. The smallest absolute Gasteiger partial charge is 0.266 e. The number of hydrogen-bond acceptors (Lipinski definition) is 3. The maximum Gasteiger partial charge on any atom is 0.266 e. The first-order valence-corrected chi connectivity index (χ1v) is 8.08. The summed E-state index contributed by atoms with van der Waals surface area (Å²) in [7, 11) is 0. The Hall–Kier alpha value is -2.80. The molecule has 2 atom stereocenters. The lowest BCUT2D eigenvalue weighted by Gasteiger charge is -2.08. The number of furan rings is 1. The molecule has 1 aromatic heterocycles. The van der Waals surface area contributed by atoms with Crippen molar-refractivity contribution in [3.63, 3.8) is 0 Å². The average Bonchev–Trinajstić information content (AvgIpc) is 3.09. The van der Waals surface area contributed by atoms with Gasteiger partial charge in [-0.15, -0.1) is 0 Å². The fourth-order valence-electron chi connectivity index (χ4n) is 2.80. The number of hydrogen-bond donors (Lipinski definition) is 1. The molecule has 4 nitrogen and oxygen atoms in total. The first-order chi connectivity index (χ1) is 11.5. The highest BCUT2D eigenvalue weighted by Crippen LogP contribution is 2.47. The standard InChI is InChI=1S/C20H20N2O2/c1-12-4-6-18(14(3)8-12)22-20(23)15(11-21)10-16-5-7-19(24-16)17-9-13(17)2/h4-8,10,13,17H,9H2,1-3H3,(H,22,23)/b15-10+/t13-,17+/m1/s1. The number of rotatable bonds is 4. The molecule has 1 amide bonds. The zero-order valence-corrected chi connectivity index (χ0v) is 14.1. The molecule has 1 aromatic carbocycles. The van der Waals surface area contributed by atoms with Gasteiger partial charge in [0.15, 0.2) is 0 Å². The molecule has 122 valence electrons. The molecule has 0 bridgehead atoms. The van der Waals surface area contributed by atoms with E-state index in [9.17, 15) is 10.1 Å². The van der Waals surface area contributed by atoms with Gasteiger partial charge in [-0.25, -0.2) is 0 Å². The van der Waals surface area contributed by atoms with Gasteiger partial charge in [0.25, 0.3) is 5.91 Å².